The van der Waals surface area contributed by atoms with Crippen LogP contribution in [0.4, 0.5) is 0 Å². The second-order valence-electron chi connectivity index (χ2n) is 6.01. The van der Waals surface area contributed by atoms with Crippen LogP contribution < -0.4 is 0 Å². The molecular weight excluding hydrogens is 302 g/mol. The predicted molar refractivity (Wildman–Crippen MR) is 91.1 cm³/mol. The minimum atomic E-state index is -0.166. The van der Waals surface area contributed by atoms with Gasteiger partial charge in [-0.1, -0.05) is 35.3 Å². The Balaban J connectivity index is 1.75. The maximum Gasteiger partial charge on any atom is 0.240 e. The molecule has 1 aliphatic rings. The van der Waals surface area contributed by atoms with Crippen molar-refractivity contribution in [2.24, 2.45) is 0 Å². The van der Waals surface area contributed by atoms with Gasteiger partial charge >= 0.3 is 0 Å². The first-order chi connectivity index (χ1) is 11.7. The molecule has 5 heteroatoms. The van der Waals surface area contributed by atoms with Crippen molar-refractivity contribution in [1.82, 2.24) is 15.0 Å². The summed E-state index contributed by atoms with van der Waals surface area (Å²) in [6.45, 7) is 5.59. The van der Waals surface area contributed by atoms with E-state index < -0.39 is 0 Å². The van der Waals surface area contributed by atoms with Gasteiger partial charge in [0.25, 0.3) is 0 Å². The number of fused-ring (bicyclic) bond motifs is 1. The number of terminal acetylenes is 1. The minimum absolute atomic E-state index is 0.166. The average molecular weight is 325 g/mol. The van der Waals surface area contributed by atoms with Gasteiger partial charge in [-0.15, -0.1) is 6.42 Å². The van der Waals surface area contributed by atoms with Gasteiger partial charge in [0.15, 0.2) is 5.82 Å². The van der Waals surface area contributed by atoms with E-state index in [9.17, 15) is 0 Å². The molecule has 24 heavy (non-hydrogen) atoms. The van der Waals surface area contributed by atoms with Crippen LogP contribution in [-0.2, 0) is 17.7 Å². The molecule has 0 amide bonds. The van der Waals surface area contributed by atoms with Crippen molar-refractivity contribution in [3.8, 4) is 12.3 Å². The summed E-state index contributed by atoms with van der Waals surface area (Å²) in [5, 5.41) is 4.03. The Morgan fingerprint density at radius 3 is 3.08 bits per heavy atom. The Hall–Kier alpha value is -2.16. The Morgan fingerprint density at radius 2 is 2.29 bits per heavy atom. The molecule has 0 bridgehead atoms. The van der Waals surface area contributed by atoms with Gasteiger partial charge in [-0.3, -0.25) is 4.90 Å². The summed E-state index contributed by atoms with van der Waals surface area (Å²) in [6.07, 6.45) is 7.57. The lowest BCUT2D eigenvalue weighted by Gasteiger charge is -2.26. The lowest BCUT2D eigenvalue weighted by molar-refractivity contribution is 0.0683. The van der Waals surface area contributed by atoms with Crippen LogP contribution in [0.1, 0.15) is 55.3 Å². The Kier molecular flexibility index (Phi) is 5.29. The molecule has 5 nitrogen and oxygen atoms in total. The first-order valence-corrected chi connectivity index (χ1v) is 8.42. The maximum atomic E-state index is 5.59. The Labute approximate surface area is 143 Å². The average Bonchev–Trinajstić information content (AvgIpc) is 3.21. The second-order valence-corrected chi connectivity index (χ2v) is 6.01. The van der Waals surface area contributed by atoms with Crippen molar-refractivity contribution < 1.29 is 9.26 Å². The highest BCUT2D eigenvalue weighted by Crippen LogP contribution is 2.36. The summed E-state index contributed by atoms with van der Waals surface area (Å²) in [4.78, 5) is 6.70. The highest BCUT2D eigenvalue weighted by molar-refractivity contribution is 5.34. The quantitative estimate of drug-likeness (QED) is 0.731. The van der Waals surface area contributed by atoms with E-state index in [4.69, 9.17) is 15.7 Å². The number of nitrogens with zero attached hydrogens (tertiary/aromatic N) is 3. The Morgan fingerprint density at radius 1 is 1.46 bits per heavy atom. The van der Waals surface area contributed by atoms with E-state index in [0.717, 1.165) is 12.8 Å². The zero-order valence-electron chi connectivity index (χ0n) is 14.2. The van der Waals surface area contributed by atoms with Gasteiger partial charge in [-0.05, 0) is 37.8 Å². The molecule has 126 valence electrons. The number of aryl methyl sites for hydroxylation is 1. The first kappa shape index (κ1) is 16.7. The van der Waals surface area contributed by atoms with E-state index in [1.54, 1.807) is 0 Å². The van der Waals surface area contributed by atoms with E-state index in [1.165, 1.54) is 11.1 Å². The van der Waals surface area contributed by atoms with E-state index in [-0.39, 0.29) is 6.10 Å². The molecule has 0 aliphatic heterocycles. The van der Waals surface area contributed by atoms with E-state index in [0.29, 0.717) is 37.5 Å². The fourth-order valence-electron chi connectivity index (χ4n) is 3.30. The van der Waals surface area contributed by atoms with E-state index in [2.05, 4.69) is 45.2 Å². The van der Waals surface area contributed by atoms with Gasteiger partial charge in [-0.25, -0.2) is 0 Å². The first-order valence-electron chi connectivity index (χ1n) is 8.42. The SMILES string of the molecule is C#CCN(Cc1nc([C@@H](C)OCC)no1)[C@H]1CCc2ccccc21. The second kappa shape index (κ2) is 7.61. The molecule has 0 N–H and O–H groups in total. The normalized spacial score (nSPS) is 17.7. The summed E-state index contributed by atoms with van der Waals surface area (Å²) < 4.78 is 10.9. The van der Waals surface area contributed by atoms with Crippen LogP contribution in [0, 0.1) is 12.3 Å². The molecule has 0 spiro atoms. The number of hydrogen-bond acceptors (Lipinski definition) is 5. The third-order valence-electron chi connectivity index (χ3n) is 4.44. The number of benzene rings is 1. The van der Waals surface area contributed by atoms with Crippen LogP contribution in [0.5, 0.6) is 0 Å². The van der Waals surface area contributed by atoms with E-state index in [1.807, 2.05) is 13.8 Å². The smallest absolute Gasteiger partial charge is 0.240 e. The molecule has 0 unspecified atom stereocenters. The predicted octanol–water partition coefficient (Wildman–Crippen LogP) is 3.29. The zero-order valence-corrected chi connectivity index (χ0v) is 14.2. The van der Waals surface area contributed by atoms with Gasteiger partial charge in [-0.2, -0.15) is 4.98 Å². The summed E-state index contributed by atoms with van der Waals surface area (Å²) in [5.74, 6) is 3.92. The van der Waals surface area contributed by atoms with Crippen LogP contribution in [0.15, 0.2) is 28.8 Å². The molecule has 0 radical (unpaired) electrons. The zero-order chi connectivity index (χ0) is 16.9. The molecule has 0 fully saturated rings. The lowest BCUT2D eigenvalue weighted by atomic mass is 10.1. The van der Waals surface area contributed by atoms with Crippen LogP contribution in [0.3, 0.4) is 0 Å². The molecule has 2 aromatic rings. The fraction of sp³-hybridized carbons (Fsp3) is 0.474. The van der Waals surface area contributed by atoms with Crippen molar-refractivity contribution in [3.63, 3.8) is 0 Å². The third kappa shape index (κ3) is 3.50. The number of aromatic nitrogens is 2. The van der Waals surface area contributed by atoms with Gasteiger partial charge in [0, 0.05) is 12.6 Å². The van der Waals surface area contributed by atoms with Crippen molar-refractivity contribution >= 4 is 0 Å². The van der Waals surface area contributed by atoms with Gasteiger partial charge in [0.2, 0.25) is 5.89 Å². The van der Waals surface area contributed by atoms with E-state index >= 15 is 0 Å². The van der Waals surface area contributed by atoms with Crippen LogP contribution in [0.2, 0.25) is 0 Å². The lowest BCUT2D eigenvalue weighted by Crippen LogP contribution is -2.27. The standard InChI is InChI=1S/C19H23N3O2/c1-4-12-22(17-11-10-15-8-6-7-9-16(15)17)13-18-20-19(21-24-18)14(3)23-5-2/h1,6-9,14,17H,5,10-13H2,2-3H3/t14-,17+/m1/s1. The summed E-state index contributed by atoms with van der Waals surface area (Å²) >= 11 is 0. The number of rotatable bonds is 7. The van der Waals surface area contributed by atoms with Gasteiger partial charge < -0.3 is 9.26 Å². The van der Waals surface area contributed by atoms with Crippen molar-refractivity contribution in [2.75, 3.05) is 13.2 Å². The van der Waals surface area contributed by atoms with Gasteiger partial charge in [0.1, 0.15) is 6.10 Å². The van der Waals surface area contributed by atoms with Gasteiger partial charge in [0.05, 0.1) is 13.1 Å². The number of hydrogen-bond donors (Lipinski definition) is 0. The topological polar surface area (TPSA) is 51.4 Å². The maximum absolute atomic E-state index is 5.59. The minimum Gasteiger partial charge on any atom is -0.371 e. The molecule has 1 aliphatic carbocycles. The molecule has 1 aromatic heterocycles. The largest absolute Gasteiger partial charge is 0.371 e. The highest BCUT2D eigenvalue weighted by Gasteiger charge is 2.28. The number of ether oxygens (including phenoxy) is 1. The summed E-state index contributed by atoms with van der Waals surface area (Å²) in [6, 6.07) is 8.86. The molecule has 3 rings (SSSR count). The Bertz CT molecular complexity index is 719. The summed E-state index contributed by atoms with van der Waals surface area (Å²) in [7, 11) is 0. The fourth-order valence-corrected chi connectivity index (χ4v) is 3.30. The monoisotopic (exact) mass is 325 g/mol. The molecule has 2 atom stereocenters. The van der Waals surface area contributed by atoms with Crippen molar-refractivity contribution in [2.45, 2.75) is 45.4 Å². The van der Waals surface area contributed by atoms with Crippen LogP contribution in [-0.4, -0.2) is 28.2 Å². The van der Waals surface area contributed by atoms with Crippen molar-refractivity contribution in [3.05, 3.63) is 47.1 Å². The van der Waals surface area contributed by atoms with Crippen LogP contribution >= 0.6 is 0 Å². The third-order valence-corrected chi connectivity index (χ3v) is 4.44. The van der Waals surface area contributed by atoms with Crippen molar-refractivity contribution in [1.29, 1.82) is 0 Å². The highest BCUT2D eigenvalue weighted by atomic mass is 16.5. The molecule has 0 saturated carbocycles. The molecule has 1 aromatic carbocycles. The summed E-state index contributed by atoms with van der Waals surface area (Å²) in [5.41, 5.74) is 2.76. The molecule has 0 saturated heterocycles. The molecular formula is C19H23N3O2. The van der Waals surface area contributed by atoms with Crippen LogP contribution in [0.25, 0.3) is 0 Å². The molecule has 1 heterocycles.